The minimum absolute atomic E-state index is 0.0926. The topological polar surface area (TPSA) is 86.2 Å². The molecule has 0 spiro atoms. The number of aryl methyl sites for hydroxylation is 2. The Balaban J connectivity index is 3.16. The van der Waals surface area contributed by atoms with Gasteiger partial charge in [0.05, 0.1) is 7.11 Å². The van der Waals surface area contributed by atoms with Gasteiger partial charge in [-0.2, -0.15) is 0 Å². The molecule has 0 aliphatic heterocycles. The summed E-state index contributed by atoms with van der Waals surface area (Å²) in [6.45, 7) is 16.5. The summed E-state index contributed by atoms with van der Waals surface area (Å²) in [5, 5.41) is 6.38. The number of ether oxygens (including phenoxy) is 1. The summed E-state index contributed by atoms with van der Waals surface area (Å²) >= 11 is 0. The fraction of sp³-hybridized carbons (Fsp3) is 0.591. The molecule has 1 amide bonds. The number of rotatable bonds is 8. The molecule has 1 aromatic carbocycles. The summed E-state index contributed by atoms with van der Waals surface area (Å²) in [5.41, 5.74) is 3.08. The number of carbonyl (C=O) groups is 2. The van der Waals surface area contributed by atoms with E-state index < -0.39 is 26.2 Å². The van der Waals surface area contributed by atoms with Gasteiger partial charge in [0.25, 0.3) is 5.91 Å². The molecule has 0 bridgehead atoms. The number of hydrogen-bond donors (Lipinski definition) is 1. The lowest BCUT2D eigenvalue weighted by Gasteiger charge is -2.36. The fourth-order valence-electron chi connectivity index (χ4n) is 2.76. The maximum absolute atomic E-state index is 12.3. The molecule has 0 aliphatic rings. The van der Waals surface area contributed by atoms with Crippen LogP contribution in [0.15, 0.2) is 17.3 Å². The Morgan fingerprint density at radius 1 is 1.13 bits per heavy atom. The molecular weight excluding hydrogens is 400 g/mol. The number of oxime groups is 1. The molecule has 1 aromatic rings. The van der Waals surface area contributed by atoms with Crippen molar-refractivity contribution in [2.75, 3.05) is 14.2 Å². The fourth-order valence-corrected chi connectivity index (χ4v) is 3.78. The number of nitrogens with one attached hydrogen (secondary N) is 1. The standard InChI is InChI=1S/C22H36N2O5Si/c1-14-11-17(29-30(9,10)22(4,5)6)12-15(2)18(14)13-19(21(26)27-7)23-20(25)16(3)24-28-8/h11-12,19H,13H2,1-10H3,(H,23,25)/b24-16+/t19-/m0/s1. The van der Waals surface area contributed by atoms with Gasteiger partial charge in [0.15, 0.2) is 0 Å². The van der Waals surface area contributed by atoms with Gasteiger partial charge in [-0.15, -0.1) is 0 Å². The zero-order valence-electron chi connectivity index (χ0n) is 19.9. The number of carbonyl (C=O) groups excluding carboxylic acids is 2. The maximum atomic E-state index is 12.3. The SMILES string of the molecule is CO/N=C(\C)C(=O)N[C@@H](Cc1c(C)cc(O[Si](C)(C)C(C)(C)C)cc1C)C(=O)OC. The van der Waals surface area contributed by atoms with Crippen LogP contribution in [0.1, 0.15) is 44.4 Å². The van der Waals surface area contributed by atoms with Gasteiger partial charge >= 0.3 is 5.97 Å². The third-order valence-electron chi connectivity index (χ3n) is 5.60. The largest absolute Gasteiger partial charge is 0.543 e. The van der Waals surface area contributed by atoms with E-state index >= 15 is 0 Å². The average Bonchev–Trinajstić information content (AvgIpc) is 2.61. The molecule has 30 heavy (non-hydrogen) atoms. The van der Waals surface area contributed by atoms with Crippen molar-refractivity contribution in [2.45, 2.75) is 72.1 Å². The molecule has 0 aliphatic carbocycles. The van der Waals surface area contributed by atoms with Gasteiger partial charge in [-0.05, 0) is 67.7 Å². The lowest BCUT2D eigenvalue weighted by molar-refractivity contribution is -0.144. The van der Waals surface area contributed by atoms with Crippen molar-refractivity contribution in [3.8, 4) is 5.75 Å². The molecule has 1 N–H and O–H groups in total. The first-order valence-electron chi connectivity index (χ1n) is 9.99. The second kappa shape index (κ2) is 10.1. The normalized spacial score (nSPS) is 13.5. The Hall–Kier alpha value is -2.35. The van der Waals surface area contributed by atoms with E-state index in [9.17, 15) is 9.59 Å². The van der Waals surface area contributed by atoms with Crippen molar-refractivity contribution in [1.29, 1.82) is 0 Å². The van der Waals surface area contributed by atoms with Gasteiger partial charge in [-0.1, -0.05) is 25.9 Å². The lowest BCUT2D eigenvalue weighted by atomic mass is 9.96. The molecule has 0 unspecified atom stereocenters. The monoisotopic (exact) mass is 436 g/mol. The predicted molar refractivity (Wildman–Crippen MR) is 122 cm³/mol. The maximum Gasteiger partial charge on any atom is 0.328 e. The van der Waals surface area contributed by atoms with Gasteiger partial charge in [0.1, 0.15) is 24.6 Å². The van der Waals surface area contributed by atoms with E-state index in [4.69, 9.17) is 9.16 Å². The molecule has 0 saturated heterocycles. The first kappa shape index (κ1) is 25.7. The molecule has 0 saturated carbocycles. The number of esters is 1. The van der Waals surface area contributed by atoms with Crippen molar-refractivity contribution >= 4 is 25.9 Å². The Morgan fingerprint density at radius 3 is 2.10 bits per heavy atom. The Morgan fingerprint density at radius 2 is 1.67 bits per heavy atom. The van der Waals surface area contributed by atoms with Crippen molar-refractivity contribution in [1.82, 2.24) is 5.32 Å². The van der Waals surface area contributed by atoms with Crippen LogP contribution in [0.25, 0.3) is 0 Å². The highest BCUT2D eigenvalue weighted by Crippen LogP contribution is 2.38. The Bertz CT molecular complexity index is 789. The molecule has 1 rings (SSSR count). The summed E-state index contributed by atoms with van der Waals surface area (Å²) in [4.78, 5) is 29.2. The summed E-state index contributed by atoms with van der Waals surface area (Å²) < 4.78 is 11.3. The van der Waals surface area contributed by atoms with Crippen molar-refractivity contribution in [3.63, 3.8) is 0 Å². The Kier molecular flexibility index (Phi) is 8.65. The van der Waals surface area contributed by atoms with E-state index in [1.807, 2.05) is 26.0 Å². The highest BCUT2D eigenvalue weighted by Gasteiger charge is 2.39. The number of nitrogens with zero attached hydrogens (tertiary/aromatic N) is 1. The first-order chi connectivity index (χ1) is 13.7. The van der Waals surface area contributed by atoms with E-state index in [1.54, 1.807) is 0 Å². The van der Waals surface area contributed by atoms with Crippen LogP contribution in [-0.2, 0) is 25.6 Å². The molecule has 1 atom stereocenters. The van der Waals surface area contributed by atoms with Crippen LogP contribution < -0.4 is 9.74 Å². The number of methoxy groups -OCH3 is 1. The summed E-state index contributed by atoms with van der Waals surface area (Å²) in [6.07, 6.45) is 0.302. The molecule has 0 aromatic heterocycles. The van der Waals surface area contributed by atoms with Crippen molar-refractivity contribution in [2.24, 2.45) is 5.16 Å². The zero-order valence-corrected chi connectivity index (χ0v) is 20.9. The van der Waals surface area contributed by atoms with Crippen molar-refractivity contribution in [3.05, 3.63) is 28.8 Å². The smallest absolute Gasteiger partial charge is 0.328 e. The van der Waals surface area contributed by atoms with Gasteiger partial charge in [-0.25, -0.2) is 4.79 Å². The first-order valence-corrected chi connectivity index (χ1v) is 12.9. The van der Waals surface area contributed by atoms with Gasteiger partial charge in [0, 0.05) is 6.42 Å². The third-order valence-corrected chi connectivity index (χ3v) is 9.96. The van der Waals surface area contributed by atoms with Gasteiger partial charge in [0.2, 0.25) is 8.32 Å². The van der Waals surface area contributed by atoms with E-state index in [0.29, 0.717) is 6.42 Å². The highest BCUT2D eigenvalue weighted by molar-refractivity contribution is 6.74. The van der Waals surface area contributed by atoms with Crippen LogP contribution >= 0.6 is 0 Å². The van der Waals surface area contributed by atoms with Gasteiger partial charge in [-0.3, -0.25) is 4.79 Å². The zero-order chi connectivity index (χ0) is 23.3. The second-order valence-corrected chi connectivity index (χ2v) is 13.7. The third kappa shape index (κ3) is 6.58. The predicted octanol–water partition coefficient (Wildman–Crippen LogP) is 3.91. The van der Waals surface area contributed by atoms with Crippen LogP contribution in [0.4, 0.5) is 0 Å². The number of benzene rings is 1. The minimum atomic E-state index is -1.96. The lowest BCUT2D eigenvalue weighted by Crippen LogP contribution is -2.45. The van der Waals surface area contributed by atoms with Crippen LogP contribution in [0.3, 0.4) is 0 Å². The van der Waals surface area contributed by atoms with E-state index in [-0.39, 0.29) is 10.7 Å². The molecule has 0 heterocycles. The number of amides is 1. The molecule has 0 radical (unpaired) electrons. The highest BCUT2D eigenvalue weighted by atomic mass is 28.4. The van der Waals surface area contributed by atoms with Crippen LogP contribution in [0.5, 0.6) is 5.75 Å². The van der Waals surface area contributed by atoms with E-state index in [0.717, 1.165) is 22.4 Å². The second-order valence-electron chi connectivity index (χ2n) is 9.01. The van der Waals surface area contributed by atoms with E-state index in [1.165, 1.54) is 21.1 Å². The summed E-state index contributed by atoms with van der Waals surface area (Å²) in [5.74, 6) is -0.170. The Labute approximate surface area is 181 Å². The summed E-state index contributed by atoms with van der Waals surface area (Å²) in [7, 11) is 0.692. The average molecular weight is 437 g/mol. The van der Waals surface area contributed by atoms with Gasteiger partial charge < -0.3 is 19.3 Å². The quantitative estimate of drug-likeness (QED) is 0.289. The summed E-state index contributed by atoms with van der Waals surface area (Å²) in [6, 6.07) is 3.15. The van der Waals surface area contributed by atoms with Crippen LogP contribution in [0.2, 0.25) is 18.1 Å². The molecule has 8 heteroatoms. The van der Waals surface area contributed by atoms with Crippen LogP contribution in [-0.4, -0.2) is 46.2 Å². The molecule has 7 nitrogen and oxygen atoms in total. The molecule has 0 fully saturated rings. The minimum Gasteiger partial charge on any atom is -0.543 e. The molecular formula is C22H36N2O5Si. The van der Waals surface area contributed by atoms with Crippen LogP contribution in [0, 0.1) is 13.8 Å². The number of hydrogen-bond acceptors (Lipinski definition) is 6. The van der Waals surface area contributed by atoms with Crippen molar-refractivity contribution < 1.29 is 23.6 Å². The molecule has 168 valence electrons. The van der Waals surface area contributed by atoms with E-state index in [2.05, 4.69) is 49.2 Å².